The van der Waals surface area contributed by atoms with Gasteiger partial charge in [-0.3, -0.25) is 4.79 Å². The van der Waals surface area contributed by atoms with E-state index in [1.54, 1.807) is 6.07 Å². The smallest absolute Gasteiger partial charge is 0.254 e. The number of aromatic nitrogens is 2. The van der Waals surface area contributed by atoms with E-state index < -0.39 is 0 Å². The Kier molecular flexibility index (Phi) is 2.93. The molecule has 0 unspecified atom stereocenters. The van der Waals surface area contributed by atoms with E-state index in [9.17, 15) is 9.18 Å². The van der Waals surface area contributed by atoms with Crippen LogP contribution in [-0.4, -0.2) is 9.97 Å². The van der Waals surface area contributed by atoms with Gasteiger partial charge >= 0.3 is 0 Å². The Balaban J connectivity index is 2.15. The van der Waals surface area contributed by atoms with Gasteiger partial charge in [0.25, 0.3) is 5.56 Å². The minimum absolute atomic E-state index is 0.0524. The molecule has 0 fully saturated rings. The first-order valence-electron chi connectivity index (χ1n) is 6.54. The summed E-state index contributed by atoms with van der Waals surface area (Å²) in [4.78, 5) is 19.4. The number of nitrogens with zero attached hydrogens (tertiary/aromatic N) is 1. The summed E-state index contributed by atoms with van der Waals surface area (Å²) in [6.45, 7) is 1.82. The van der Waals surface area contributed by atoms with Gasteiger partial charge in [-0.25, -0.2) is 9.37 Å². The Bertz CT molecular complexity index is 691. The highest BCUT2D eigenvalue weighted by molar-refractivity contribution is 5.60. The summed E-state index contributed by atoms with van der Waals surface area (Å²) >= 11 is 0. The first kappa shape index (κ1) is 12.1. The molecule has 0 amide bonds. The third-order valence-corrected chi connectivity index (χ3v) is 3.64. The molecule has 19 heavy (non-hydrogen) atoms. The van der Waals surface area contributed by atoms with Crippen molar-refractivity contribution >= 4 is 0 Å². The van der Waals surface area contributed by atoms with Crippen LogP contribution in [0.15, 0.2) is 23.0 Å². The van der Waals surface area contributed by atoms with Crippen molar-refractivity contribution in [3.05, 3.63) is 51.2 Å². The second-order valence-corrected chi connectivity index (χ2v) is 5.01. The molecule has 0 aliphatic heterocycles. The van der Waals surface area contributed by atoms with Gasteiger partial charge in [0, 0.05) is 11.1 Å². The molecule has 0 saturated carbocycles. The molecule has 0 radical (unpaired) electrons. The van der Waals surface area contributed by atoms with Crippen LogP contribution in [0.1, 0.15) is 29.7 Å². The van der Waals surface area contributed by atoms with Crippen molar-refractivity contribution in [2.24, 2.45) is 0 Å². The van der Waals surface area contributed by atoms with Gasteiger partial charge in [-0.15, -0.1) is 0 Å². The van der Waals surface area contributed by atoms with Crippen molar-refractivity contribution in [2.75, 3.05) is 0 Å². The number of nitrogens with one attached hydrogen (secondary N) is 1. The van der Waals surface area contributed by atoms with Gasteiger partial charge in [0.15, 0.2) is 0 Å². The average Bonchev–Trinajstić information content (AvgIpc) is 2.38. The van der Waals surface area contributed by atoms with Gasteiger partial charge in [-0.05, 0) is 56.4 Å². The summed E-state index contributed by atoms with van der Waals surface area (Å²) in [6.07, 6.45) is 3.78. The number of benzene rings is 1. The molecule has 0 atom stereocenters. The maximum Gasteiger partial charge on any atom is 0.254 e. The van der Waals surface area contributed by atoms with E-state index in [1.807, 2.05) is 6.92 Å². The van der Waals surface area contributed by atoms with Crippen LogP contribution >= 0.6 is 0 Å². The zero-order valence-electron chi connectivity index (χ0n) is 10.8. The van der Waals surface area contributed by atoms with Crippen molar-refractivity contribution in [1.29, 1.82) is 0 Å². The lowest BCUT2D eigenvalue weighted by Crippen LogP contribution is -2.21. The van der Waals surface area contributed by atoms with Crippen LogP contribution in [0.4, 0.5) is 4.39 Å². The van der Waals surface area contributed by atoms with E-state index in [0.717, 1.165) is 48.1 Å². The number of hydrogen-bond acceptors (Lipinski definition) is 2. The normalized spacial score (nSPS) is 14.2. The zero-order chi connectivity index (χ0) is 13.4. The van der Waals surface area contributed by atoms with E-state index in [-0.39, 0.29) is 11.4 Å². The fraction of sp³-hybridized carbons (Fsp3) is 0.333. The molecule has 0 bridgehead atoms. The molecule has 3 rings (SSSR count). The van der Waals surface area contributed by atoms with E-state index in [1.165, 1.54) is 12.1 Å². The fourth-order valence-corrected chi connectivity index (χ4v) is 2.62. The first-order valence-corrected chi connectivity index (χ1v) is 6.54. The number of hydrogen-bond donors (Lipinski definition) is 1. The third-order valence-electron chi connectivity index (χ3n) is 3.64. The van der Waals surface area contributed by atoms with Crippen molar-refractivity contribution in [1.82, 2.24) is 9.97 Å². The summed E-state index contributed by atoms with van der Waals surface area (Å²) < 4.78 is 13.1. The van der Waals surface area contributed by atoms with Gasteiger partial charge in [-0.1, -0.05) is 0 Å². The molecule has 4 heteroatoms. The maximum absolute atomic E-state index is 13.1. The number of fused-ring (bicyclic) bond motifs is 1. The Hall–Kier alpha value is -1.97. The summed E-state index contributed by atoms with van der Waals surface area (Å²) in [5.41, 5.74) is 3.22. The Morgan fingerprint density at radius 2 is 2.05 bits per heavy atom. The molecule has 98 valence electrons. The molecule has 2 aromatic rings. The zero-order valence-corrected chi connectivity index (χ0v) is 10.8. The Morgan fingerprint density at radius 3 is 2.84 bits per heavy atom. The number of halogens is 1. The van der Waals surface area contributed by atoms with Crippen molar-refractivity contribution < 1.29 is 4.39 Å². The van der Waals surface area contributed by atoms with E-state index in [4.69, 9.17) is 0 Å². The highest BCUT2D eigenvalue weighted by atomic mass is 19.1. The standard InChI is InChI=1S/C15H15FN2O/c1-9-8-10(16)6-7-11(9)14-17-13-5-3-2-4-12(13)15(19)18-14/h6-8H,2-5H2,1H3,(H,17,18,19). The van der Waals surface area contributed by atoms with Crippen LogP contribution in [0.3, 0.4) is 0 Å². The van der Waals surface area contributed by atoms with Crippen LogP contribution in [0.2, 0.25) is 0 Å². The van der Waals surface area contributed by atoms with Gasteiger partial charge in [0.05, 0.1) is 5.69 Å². The van der Waals surface area contributed by atoms with E-state index >= 15 is 0 Å². The highest BCUT2D eigenvalue weighted by Gasteiger charge is 2.16. The molecule has 1 aromatic heterocycles. The number of rotatable bonds is 1. The highest BCUT2D eigenvalue weighted by Crippen LogP contribution is 2.22. The Morgan fingerprint density at radius 1 is 1.26 bits per heavy atom. The molecule has 1 N–H and O–H groups in total. The average molecular weight is 258 g/mol. The number of aryl methyl sites for hydroxylation is 2. The second kappa shape index (κ2) is 4.61. The summed E-state index contributed by atoms with van der Waals surface area (Å²) in [7, 11) is 0. The topological polar surface area (TPSA) is 45.8 Å². The monoisotopic (exact) mass is 258 g/mol. The molecule has 0 saturated heterocycles. The minimum atomic E-state index is -0.276. The SMILES string of the molecule is Cc1cc(F)ccc1-c1nc2c(c(=O)[nH]1)CCCC2. The maximum atomic E-state index is 13.1. The number of aromatic amines is 1. The van der Waals surface area contributed by atoms with Crippen molar-refractivity contribution in [2.45, 2.75) is 32.6 Å². The van der Waals surface area contributed by atoms with Gasteiger partial charge < -0.3 is 4.98 Å². The largest absolute Gasteiger partial charge is 0.306 e. The van der Waals surface area contributed by atoms with Crippen LogP contribution in [0.25, 0.3) is 11.4 Å². The molecule has 1 aliphatic rings. The lowest BCUT2D eigenvalue weighted by Gasteiger charge is -2.15. The van der Waals surface area contributed by atoms with Crippen LogP contribution < -0.4 is 5.56 Å². The quantitative estimate of drug-likeness (QED) is 0.854. The van der Waals surface area contributed by atoms with Crippen molar-refractivity contribution in [3.63, 3.8) is 0 Å². The van der Waals surface area contributed by atoms with Gasteiger partial charge in [0.1, 0.15) is 11.6 Å². The predicted octanol–water partition coefficient (Wildman–Crippen LogP) is 2.76. The van der Waals surface area contributed by atoms with E-state index in [0.29, 0.717) is 5.82 Å². The third kappa shape index (κ3) is 2.18. The summed E-state index contributed by atoms with van der Waals surface area (Å²) in [5, 5.41) is 0. The minimum Gasteiger partial charge on any atom is -0.306 e. The predicted molar refractivity (Wildman–Crippen MR) is 71.6 cm³/mol. The van der Waals surface area contributed by atoms with Crippen LogP contribution in [0.5, 0.6) is 0 Å². The van der Waals surface area contributed by atoms with E-state index in [2.05, 4.69) is 9.97 Å². The van der Waals surface area contributed by atoms with Crippen LogP contribution in [0, 0.1) is 12.7 Å². The Labute approximate surface area is 110 Å². The van der Waals surface area contributed by atoms with Gasteiger partial charge in [0.2, 0.25) is 0 Å². The first-order chi connectivity index (χ1) is 9.15. The molecular weight excluding hydrogens is 243 g/mol. The lowest BCUT2D eigenvalue weighted by molar-refractivity contribution is 0.626. The fourth-order valence-electron chi connectivity index (χ4n) is 2.62. The molecule has 1 heterocycles. The summed E-state index contributed by atoms with van der Waals surface area (Å²) in [5.74, 6) is 0.268. The van der Waals surface area contributed by atoms with Crippen LogP contribution in [-0.2, 0) is 12.8 Å². The molecular formula is C15H15FN2O. The molecule has 3 nitrogen and oxygen atoms in total. The number of H-pyrrole nitrogens is 1. The molecule has 0 spiro atoms. The lowest BCUT2D eigenvalue weighted by atomic mass is 9.97. The second-order valence-electron chi connectivity index (χ2n) is 5.01. The van der Waals surface area contributed by atoms with Gasteiger partial charge in [-0.2, -0.15) is 0 Å². The molecule has 1 aromatic carbocycles. The summed E-state index contributed by atoms with van der Waals surface area (Å²) in [6, 6.07) is 4.51. The van der Waals surface area contributed by atoms with Crippen molar-refractivity contribution in [3.8, 4) is 11.4 Å². The molecule has 1 aliphatic carbocycles.